The van der Waals surface area contributed by atoms with E-state index < -0.39 is 0 Å². The van der Waals surface area contributed by atoms with Crippen LogP contribution >= 0.6 is 11.3 Å². The van der Waals surface area contributed by atoms with E-state index in [2.05, 4.69) is 31.1 Å². The van der Waals surface area contributed by atoms with Gasteiger partial charge in [0.05, 0.1) is 28.6 Å². The molecule has 0 N–H and O–H groups in total. The molecule has 3 heterocycles. The lowest BCUT2D eigenvalue weighted by Gasteiger charge is -2.23. The molecule has 0 saturated carbocycles. The first-order valence-corrected chi connectivity index (χ1v) is 10.6. The molecule has 7 heteroatoms. The van der Waals surface area contributed by atoms with Crippen LogP contribution in [-0.2, 0) is 11.3 Å². The largest absolute Gasteiger partial charge is 0.376 e. The average Bonchev–Trinajstić information content (AvgIpc) is 3.41. The molecule has 1 atom stereocenters. The second-order valence-corrected chi connectivity index (χ2v) is 8.40. The summed E-state index contributed by atoms with van der Waals surface area (Å²) in [7, 11) is 0. The smallest absolute Gasteiger partial charge is 0.278 e. The number of aryl methyl sites for hydroxylation is 4. The SMILES string of the molecule is CCn1nc(C)cc1C(=O)N(CC1CCCO1)c1nc2c(C)c(C)ccc2s1. The summed E-state index contributed by atoms with van der Waals surface area (Å²) in [6.45, 7) is 10.0. The number of ether oxygens (including phenoxy) is 1. The number of carbonyl (C=O) groups excluding carboxylic acids is 1. The summed E-state index contributed by atoms with van der Waals surface area (Å²) in [6.07, 6.45) is 2.06. The molecule has 6 nitrogen and oxygen atoms in total. The van der Waals surface area contributed by atoms with Crippen molar-refractivity contribution in [3.63, 3.8) is 0 Å². The Morgan fingerprint density at radius 1 is 1.36 bits per heavy atom. The van der Waals surface area contributed by atoms with Crippen molar-refractivity contribution in [3.05, 3.63) is 40.7 Å². The number of nitrogens with zero attached hydrogens (tertiary/aromatic N) is 4. The minimum atomic E-state index is -0.0635. The highest BCUT2D eigenvalue weighted by Gasteiger charge is 2.29. The molecule has 0 spiro atoms. The van der Waals surface area contributed by atoms with E-state index in [1.54, 1.807) is 20.9 Å². The minimum absolute atomic E-state index is 0.0536. The number of amides is 1. The van der Waals surface area contributed by atoms with E-state index in [-0.39, 0.29) is 12.0 Å². The Kier molecular flexibility index (Phi) is 5.21. The monoisotopic (exact) mass is 398 g/mol. The normalized spacial score (nSPS) is 16.8. The number of benzene rings is 1. The maximum absolute atomic E-state index is 13.5. The van der Waals surface area contributed by atoms with Gasteiger partial charge in [-0.05, 0) is 63.8 Å². The average molecular weight is 399 g/mol. The van der Waals surface area contributed by atoms with Crippen LogP contribution in [0, 0.1) is 20.8 Å². The predicted molar refractivity (Wildman–Crippen MR) is 112 cm³/mol. The van der Waals surface area contributed by atoms with Crippen molar-refractivity contribution >= 4 is 32.6 Å². The van der Waals surface area contributed by atoms with Crippen LogP contribution in [0.1, 0.15) is 47.1 Å². The van der Waals surface area contributed by atoms with Gasteiger partial charge in [-0.2, -0.15) is 5.10 Å². The molecule has 1 unspecified atom stereocenters. The quantitative estimate of drug-likeness (QED) is 0.644. The highest BCUT2D eigenvalue weighted by molar-refractivity contribution is 7.22. The summed E-state index contributed by atoms with van der Waals surface area (Å²) in [4.78, 5) is 20.2. The van der Waals surface area contributed by atoms with Gasteiger partial charge in [-0.15, -0.1) is 0 Å². The molecule has 0 aliphatic carbocycles. The van der Waals surface area contributed by atoms with E-state index >= 15 is 0 Å². The first-order chi connectivity index (χ1) is 13.5. The molecule has 0 radical (unpaired) electrons. The van der Waals surface area contributed by atoms with Crippen LogP contribution in [0.2, 0.25) is 0 Å². The van der Waals surface area contributed by atoms with Gasteiger partial charge in [-0.1, -0.05) is 17.4 Å². The van der Waals surface area contributed by atoms with E-state index in [1.165, 1.54) is 11.1 Å². The van der Waals surface area contributed by atoms with Gasteiger partial charge < -0.3 is 4.74 Å². The number of hydrogen-bond acceptors (Lipinski definition) is 5. The molecule has 2 aromatic heterocycles. The first kappa shape index (κ1) is 19.1. The number of rotatable bonds is 5. The predicted octanol–water partition coefficient (Wildman–Crippen LogP) is 4.26. The second-order valence-electron chi connectivity index (χ2n) is 7.39. The maximum atomic E-state index is 13.5. The molecule has 3 aromatic rings. The van der Waals surface area contributed by atoms with Crippen molar-refractivity contribution in [1.29, 1.82) is 0 Å². The molecule has 1 aliphatic heterocycles. The van der Waals surface area contributed by atoms with Gasteiger partial charge in [-0.25, -0.2) is 4.98 Å². The Morgan fingerprint density at radius 3 is 2.89 bits per heavy atom. The zero-order valence-electron chi connectivity index (χ0n) is 16.9. The lowest BCUT2D eigenvalue weighted by molar-refractivity contribution is 0.0908. The van der Waals surface area contributed by atoms with E-state index in [4.69, 9.17) is 9.72 Å². The third kappa shape index (κ3) is 3.44. The number of thiazole rings is 1. The number of fused-ring (bicyclic) bond motifs is 1. The standard InChI is InChI=1S/C21H26N4O2S/c1-5-25-17(11-14(3)23-25)20(26)24(12-16-7-6-10-27-16)21-22-19-15(4)13(2)8-9-18(19)28-21/h8-9,11,16H,5-7,10,12H2,1-4H3. The fourth-order valence-corrected chi connectivity index (χ4v) is 4.70. The van der Waals surface area contributed by atoms with Gasteiger partial charge in [0.15, 0.2) is 5.13 Å². The maximum Gasteiger partial charge on any atom is 0.278 e. The molecule has 4 rings (SSSR count). The summed E-state index contributed by atoms with van der Waals surface area (Å²) in [6, 6.07) is 6.06. The summed E-state index contributed by atoms with van der Waals surface area (Å²) >= 11 is 1.56. The van der Waals surface area contributed by atoms with Crippen molar-refractivity contribution in [2.45, 2.75) is 53.2 Å². The zero-order valence-corrected chi connectivity index (χ0v) is 17.7. The lowest BCUT2D eigenvalue weighted by atomic mass is 10.1. The highest BCUT2D eigenvalue weighted by Crippen LogP contribution is 2.33. The molecule has 1 aliphatic rings. The molecule has 148 valence electrons. The van der Waals surface area contributed by atoms with Gasteiger partial charge in [0.25, 0.3) is 5.91 Å². The number of hydrogen-bond donors (Lipinski definition) is 0. The summed E-state index contributed by atoms with van der Waals surface area (Å²) in [5, 5.41) is 5.17. The molecular weight excluding hydrogens is 372 g/mol. The van der Waals surface area contributed by atoms with Gasteiger partial charge in [0, 0.05) is 13.2 Å². The summed E-state index contributed by atoms with van der Waals surface area (Å²) < 4.78 is 8.70. The van der Waals surface area contributed by atoms with Gasteiger partial charge in [-0.3, -0.25) is 14.4 Å². The molecule has 28 heavy (non-hydrogen) atoms. The van der Waals surface area contributed by atoms with Crippen LogP contribution in [-0.4, -0.2) is 39.9 Å². The van der Waals surface area contributed by atoms with E-state index in [1.807, 2.05) is 19.9 Å². The molecule has 1 aromatic carbocycles. The third-order valence-corrected chi connectivity index (χ3v) is 6.42. The van der Waals surface area contributed by atoms with Gasteiger partial charge >= 0.3 is 0 Å². The van der Waals surface area contributed by atoms with Gasteiger partial charge in [0.2, 0.25) is 0 Å². The number of anilines is 1. The fraction of sp³-hybridized carbons (Fsp3) is 0.476. The third-order valence-electron chi connectivity index (χ3n) is 5.38. The molecular formula is C21H26N4O2S. The van der Waals surface area contributed by atoms with Crippen LogP contribution in [0.15, 0.2) is 18.2 Å². The summed E-state index contributed by atoms with van der Waals surface area (Å²) in [5.41, 5.74) is 4.80. The van der Waals surface area contributed by atoms with Crippen LogP contribution < -0.4 is 4.90 Å². The van der Waals surface area contributed by atoms with Crippen LogP contribution in [0.5, 0.6) is 0 Å². The Balaban J connectivity index is 1.77. The Morgan fingerprint density at radius 2 is 2.18 bits per heavy atom. The summed E-state index contributed by atoms with van der Waals surface area (Å²) in [5.74, 6) is -0.0635. The number of aromatic nitrogens is 3. The van der Waals surface area contributed by atoms with Crippen molar-refractivity contribution in [2.75, 3.05) is 18.1 Å². The topological polar surface area (TPSA) is 60.2 Å². The van der Waals surface area contributed by atoms with E-state index in [0.29, 0.717) is 18.8 Å². The number of carbonyl (C=O) groups is 1. The lowest BCUT2D eigenvalue weighted by Crippen LogP contribution is -2.38. The Bertz CT molecular complexity index is 1020. The zero-order chi connectivity index (χ0) is 19.8. The Hall–Kier alpha value is -2.25. The highest BCUT2D eigenvalue weighted by atomic mass is 32.1. The van der Waals surface area contributed by atoms with E-state index in [0.717, 1.165) is 40.5 Å². The molecule has 0 bridgehead atoms. The molecule has 1 fully saturated rings. The second kappa shape index (κ2) is 7.64. The fourth-order valence-electron chi connectivity index (χ4n) is 3.67. The van der Waals surface area contributed by atoms with Crippen LogP contribution in [0.4, 0.5) is 5.13 Å². The Labute approximate surface area is 169 Å². The van der Waals surface area contributed by atoms with Crippen molar-refractivity contribution < 1.29 is 9.53 Å². The van der Waals surface area contributed by atoms with Crippen molar-refractivity contribution in [1.82, 2.24) is 14.8 Å². The van der Waals surface area contributed by atoms with E-state index in [9.17, 15) is 4.79 Å². The van der Waals surface area contributed by atoms with Crippen LogP contribution in [0.25, 0.3) is 10.2 Å². The minimum Gasteiger partial charge on any atom is -0.376 e. The van der Waals surface area contributed by atoms with Gasteiger partial charge in [0.1, 0.15) is 5.69 Å². The van der Waals surface area contributed by atoms with Crippen LogP contribution in [0.3, 0.4) is 0 Å². The van der Waals surface area contributed by atoms with Crippen molar-refractivity contribution in [2.24, 2.45) is 0 Å². The molecule has 1 amide bonds. The first-order valence-electron chi connectivity index (χ1n) is 9.82. The molecule has 1 saturated heterocycles. The van der Waals surface area contributed by atoms with Crippen molar-refractivity contribution in [3.8, 4) is 0 Å².